The van der Waals surface area contributed by atoms with Crippen LogP contribution >= 0.6 is 46.4 Å². The van der Waals surface area contributed by atoms with E-state index in [1.165, 1.54) is 0 Å². The lowest BCUT2D eigenvalue weighted by Crippen LogP contribution is -2.52. The molecular weight excluding hydrogens is 538 g/mol. The van der Waals surface area contributed by atoms with E-state index >= 15 is 0 Å². The summed E-state index contributed by atoms with van der Waals surface area (Å²) in [5.41, 5.74) is 2.11. The fourth-order valence-electron chi connectivity index (χ4n) is 3.78. The molecule has 0 spiro atoms. The zero-order valence-corrected chi connectivity index (χ0v) is 23.1. The van der Waals surface area contributed by atoms with Gasteiger partial charge in [0.15, 0.2) is 0 Å². The molecule has 2 atom stereocenters. The van der Waals surface area contributed by atoms with E-state index in [0.717, 1.165) is 12.0 Å². The molecule has 0 saturated heterocycles. The van der Waals surface area contributed by atoms with Crippen molar-refractivity contribution in [3.8, 4) is 0 Å². The second-order valence-corrected chi connectivity index (χ2v) is 10.3. The zero-order chi connectivity index (χ0) is 26.2. The highest BCUT2D eigenvalue weighted by Crippen LogP contribution is 2.28. The van der Waals surface area contributed by atoms with Gasteiger partial charge in [0.05, 0.1) is 6.42 Å². The predicted molar refractivity (Wildman–Crippen MR) is 149 cm³/mol. The number of carbonyl (C=O) groups is 2. The number of benzene rings is 3. The quantitative estimate of drug-likeness (QED) is 0.278. The van der Waals surface area contributed by atoms with Crippen molar-refractivity contribution in [3.05, 3.63) is 104 Å². The summed E-state index contributed by atoms with van der Waals surface area (Å²) in [6, 6.07) is 18.9. The molecule has 1 N–H and O–H groups in total. The number of hydrogen-bond acceptors (Lipinski definition) is 2. The Kier molecular flexibility index (Phi) is 10.5. The number of nitrogens with zero attached hydrogens (tertiary/aromatic N) is 1. The summed E-state index contributed by atoms with van der Waals surface area (Å²) < 4.78 is 0. The van der Waals surface area contributed by atoms with Crippen LogP contribution in [0.1, 0.15) is 37.0 Å². The van der Waals surface area contributed by atoms with Crippen LogP contribution in [-0.4, -0.2) is 28.8 Å². The second kappa shape index (κ2) is 13.3. The Morgan fingerprint density at radius 1 is 0.889 bits per heavy atom. The minimum absolute atomic E-state index is 0.0139. The first-order chi connectivity index (χ1) is 17.2. The maximum absolute atomic E-state index is 13.8. The number of amides is 2. The monoisotopic (exact) mass is 564 g/mol. The molecule has 0 bridgehead atoms. The average molecular weight is 566 g/mol. The van der Waals surface area contributed by atoms with Crippen LogP contribution in [0.4, 0.5) is 0 Å². The number of carbonyl (C=O) groups excluding carboxylic acids is 2. The summed E-state index contributed by atoms with van der Waals surface area (Å²) in [5.74, 6) is -0.526. The molecule has 0 unspecified atom stereocenters. The highest BCUT2D eigenvalue weighted by molar-refractivity contribution is 6.36. The Morgan fingerprint density at radius 2 is 1.56 bits per heavy atom. The summed E-state index contributed by atoms with van der Waals surface area (Å²) in [5, 5.41) is 4.75. The fourth-order valence-corrected chi connectivity index (χ4v) is 4.77. The summed E-state index contributed by atoms with van der Waals surface area (Å²) in [6.45, 7) is 3.99. The van der Waals surface area contributed by atoms with E-state index < -0.39 is 6.04 Å². The third kappa shape index (κ3) is 7.63. The molecule has 0 fully saturated rings. The van der Waals surface area contributed by atoms with Gasteiger partial charge in [-0.05, 0) is 48.7 Å². The van der Waals surface area contributed by atoms with Crippen LogP contribution in [-0.2, 0) is 29.0 Å². The van der Waals surface area contributed by atoms with Crippen molar-refractivity contribution in [1.82, 2.24) is 10.2 Å². The van der Waals surface area contributed by atoms with Gasteiger partial charge in [0, 0.05) is 44.7 Å². The van der Waals surface area contributed by atoms with Crippen LogP contribution in [0.5, 0.6) is 0 Å². The van der Waals surface area contributed by atoms with Gasteiger partial charge in [-0.1, -0.05) is 95.8 Å². The maximum atomic E-state index is 13.8. The Morgan fingerprint density at radius 3 is 2.17 bits per heavy atom. The molecule has 36 heavy (non-hydrogen) atoms. The second-order valence-electron chi connectivity index (χ2n) is 8.66. The van der Waals surface area contributed by atoms with Gasteiger partial charge in [0.2, 0.25) is 11.8 Å². The average Bonchev–Trinajstić information content (AvgIpc) is 2.85. The van der Waals surface area contributed by atoms with E-state index in [4.69, 9.17) is 46.4 Å². The van der Waals surface area contributed by atoms with Gasteiger partial charge in [-0.25, -0.2) is 0 Å². The van der Waals surface area contributed by atoms with E-state index in [9.17, 15) is 9.59 Å². The van der Waals surface area contributed by atoms with Gasteiger partial charge in [-0.15, -0.1) is 0 Å². The van der Waals surface area contributed by atoms with E-state index in [0.29, 0.717) is 37.6 Å². The predicted octanol–water partition coefficient (Wildman–Crippen LogP) is 7.40. The molecule has 0 radical (unpaired) electrons. The largest absolute Gasteiger partial charge is 0.352 e. The van der Waals surface area contributed by atoms with Crippen molar-refractivity contribution in [1.29, 1.82) is 0 Å². The lowest BCUT2D eigenvalue weighted by atomic mass is 10.0. The first kappa shape index (κ1) is 28.3. The summed E-state index contributed by atoms with van der Waals surface area (Å²) in [4.78, 5) is 29.0. The minimum atomic E-state index is -0.799. The molecule has 2 amide bonds. The zero-order valence-electron chi connectivity index (χ0n) is 20.1. The number of halogens is 4. The van der Waals surface area contributed by atoms with Crippen molar-refractivity contribution in [2.24, 2.45) is 0 Å². The van der Waals surface area contributed by atoms with E-state index in [1.54, 1.807) is 41.3 Å². The Balaban J connectivity index is 2.04. The van der Waals surface area contributed by atoms with Crippen LogP contribution in [0.3, 0.4) is 0 Å². The molecular formula is C28H28Cl4N2O2. The van der Waals surface area contributed by atoms with Crippen LogP contribution in [0, 0.1) is 0 Å². The molecule has 4 nitrogen and oxygen atoms in total. The Bertz CT molecular complexity index is 1180. The summed E-state index contributed by atoms with van der Waals surface area (Å²) in [7, 11) is 0. The number of rotatable bonds is 10. The van der Waals surface area contributed by atoms with Crippen molar-refractivity contribution in [2.45, 2.75) is 51.7 Å². The number of nitrogens with one attached hydrogen (secondary N) is 1. The van der Waals surface area contributed by atoms with Crippen molar-refractivity contribution < 1.29 is 9.59 Å². The summed E-state index contributed by atoms with van der Waals surface area (Å²) >= 11 is 25.4. The first-order valence-electron chi connectivity index (χ1n) is 11.7. The van der Waals surface area contributed by atoms with Crippen LogP contribution in [0.2, 0.25) is 20.1 Å². The Hall–Kier alpha value is -2.24. The Labute approximate surface area is 232 Å². The van der Waals surface area contributed by atoms with E-state index in [-0.39, 0.29) is 30.8 Å². The molecule has 8 heteroatoms. The lowest BCUT2D eigenvalue weighted by molar-refractivity contribution is -0.141. The molecule has 0 aliphatic carbocycles. The van der Waals surface area contributed by atoms with Gasteiger partial charge >= 0.3 is 0 Å². The molecule has 3 aromatic rings. The SMILES string of the molecule is CC[C@H](C)NC(=O)[C@@H](Cc1ccccc1)N(Cc1c(Cl)cccc1Cl)C(=O)Cc1ccc(Cl)cc1Cl. The van der Waals surface area contributed by atoms with Crippen LogP contribution < -0.4 is 5.32 Å². The van der Waals surface area contributed by atoms with Gasteiger partial charge in [0.1, 0.15) is 6.04 Å². The van der Waals surface area contributed by atoms with Crippen LogP contribution in [0.15, 0.2) is 66.7 Å². The van der Waals surface area contributed by atoms with Gasteiger partial charge in [-0.3, -0.25) is 9.59 Å². The molecule has 190 valence electrons. The highest BCUT2D eigenvalue weighted by atomic mass is 35.5. The molecule has 0 aliphatic heterocycles. The number of hydrogen-bond donors (Lipinski definition) is 1. The van der Waals surface area contributed by atoms with Crippen molar-refractivity contribution in [3.63, 3.8) is 0 Å². The fraction of sp³-hybridized carbons (Fsp3) is 0.286. The molecule has 3 rings (SSSR count). The standard InChI is InChI=1S/C28H28Cl4N2O2/c1-3-18(2)33-28(36)26(14-19-8-5-4-6-9-19)34(17-22-23(30)10-7-11-24(22)31)27(35)15-20-12-13-21(29)16-25(20)32/h4-13,16,18,26H,3,14-15,17H2,1-2H3,(H,33,36)/t18-,26+/m0/s1. The third-order valence-electron chi connectivity index (χ3n) is 6.02. The van der Waals surface area contributed by atoms with Gasteiger partial charge in [-0.2, -0.15) is 0 Å². The molecule has 0 aliphatic rings. The molecule has 0 heterocycles. The normalized spacial score (nSPS) is 12.6. The molecule has 0 aromatic heterocycles. The lowest BCUT2D eigenvalue weighted by Gasteiger charge is -2.33. The van der Waals surface area contributed by atoms with Crippen molar-refractivity contribution in [2.75, 3.05) is 0 Å². The molecule has 0 saturated carbocycles. The van der Waals surface area contributed by atoms with Crippen LogP contribution in [0.25, 0.3) is 0 Å². The highest BCUT2D eigenvalue weighted by Gasteiger charge is 2.32. The summed E-state index contributed by atoms with van der Waals surface area (Å²) in [6.07, 6.45) is 1.07. The topological polar surface area (TPSA) is 49.4 Å². The van der Waals surface area contributed by atoms with E-state index in [1.807, 2.05) is 44.2 Å². The maximum Gasteiger partial charge on any atom is 0.243 e. The molecule has 3 aromatic carbocycles. The smallest absolute Gasteiger partial charge is 0.243 e. The van der Waals surface area contributed by atoms with E-state index in [2.05, 4.69) is 5.32 Å². The first-order valence-corrected chi connectivity index (χ1v) is 13.2. The minimum Gasteiger partial charge on any atom is -0.352 e. The van der Waals surface area contributed by atoms with Gasteiger partial charge < -0.3 is 10.2 Å². The van der Waals surface area contributed by atoms with Gasteiger partial charge in [0.25, 0.3) is 0 Å². The third-order valence-corrected chi connectivity index (χ3v) is 7.31. The van der Waals surface area contributed by atoms with Crippen molar-refractivity contribution >= 4 is 58.2 Å².